The third-order valence-electron chi connectivity index (χ3n) is 5.15. The van der Waals surface area contributed by atoms with Crippen LogP contribution in [0.4, 0.5) is 0 Å². The van der Waals surface area contributed by atoms with E-state index in [9.17, 15) is 9.59 Å². The normalized spacial score (nSPS) is 18.4. The molecular weight excluding hydrogens is 484 g/mol. The lowest BCUT2D eigenvalue weighted by Crippen LogP contribution is -2.26. The van der Waals surface area contributed by atoms with Crippen molar-refractivity contribution in [2.24, 2.45) is 0 Å². The summed E-state index contributed by atoms with van der Waals surface area (Å²) in [6, 6.07) is 7.30. The maximum absolute atomic E-state index is 11.8. The Hall–Kier alpha value is -2.41. The summed E-state index contributed by atoms with van der Waals surface area (Å²) >= 11 is 3.79. The van der Waals surface area contributed by atoms with E-state index in [1.54, 1.807) is 17.8 Å². The van der Waals surface area contributed by atoms with Gasteiger partial charge in [-0.25, -0.2) is 14.6 Å². The molecule has 0 aliphatic carbocycles. The first-order valence-electron chi connectivity index (χ1n) is 10.4. The second kappa shape index (κ2) is 9.45. The van der Waals surface area contributed by atoms with Gasteiger partial charge in [0.2, 0.25) is 0 Å². The largest absolute Gasteiger partial charge is 0.431 e. The van der Waals surface area contributed by atoms with Crippen molar-refractivity contribution in [2.45, 2.75) is 34.6 Å². The van der Waals surface area contributed by atoms with E-state index in [1.165, 1.54) is 17.3 Å². The number of carbonyl (C=O) groups excluding carboxylic acids is 2. The predicted molar refractivity (Wildman–Crippen MR) is 125 cm³/mol. The van der Waals surface area contributed by atoms with Crippen molar-refractivity contribution in [3.8, 4) is 0 Å². The topological polar surface area (TPSA) is 108 Å². The van der Waals surface area contributed by atoms with Crippen molar-refractivity contribution in [2.75, 3.05) is 25.9 Å². The summed E-state index contributed by atoms with van der Waals surface area (Å²) in [6.45, 7) is 1.90. The van der Waals surface area contributed by atoms with Crippen LogP contribution in [0, 0.1) is 0 Å². The molecule has 1 fully saturated rings. The number of aromatic nitrogens is 3. The Kier molecular flexibility index (Phi) is 6.41. The number of para-hydroxylation sites is 2. The van der Waals surface area contributed by atoms with Crippen molar-refractivity contribution in [3.05, 3.63) is 36.0 Å². The molecule has 33 heavy (non-hydrogen) atoms. The molecule has 2 aliphatic rings. The third kappa shape index (κ3) is 4.93. The smallest absolute Gasteiger partial charge is 0.421 e. The number of likely N-dealkylation sites (N-methyl/N-ethyl adjacent to an activating group) is 1. The van der Waals surface area contributed by atoms with Crippen molar-refractivity contribution >= 4 is 63.9 Å². The molecular formula is C21H20N4O5S3. The zero-order valence-electron chi connectivity index (χ0n) is 17.7. The fourth-order valence-corrected chi connectivity index (χ4v) is 6.28. The molecule has 0 atom stereocenters. The highest BCUT2D eigenvalue weighted by Crippen LogP contribution is 2.43. The maximum Gasteiger partial charge on any atom is 0.421 e. The standard InChI is InChI=1S/C21H20N4O5S3/c1-25-10-4-6-13(12-25)16-17(24-33-23-16)31-11-5-9-21(29-18(26)19(27)30-21)32-20-22-14-7-2-3-8-15(14)28-20/h2-3,6-8H,4-5,9-12H2,1H3. The number of benzene rings is 1. The van der Waals surface area contributed by atoms with Crippen molar-refractivity contribution in [1.29, 1.82) is 0 Å². The lowest BCUT2D eigenvalue weighted by molar-refractivity contribution is -0.150. The average molecular weight is 505 g/mol. The molecule has 9 nitrogen and oxygen atoms in total. The van der Waals surface area contributed by atoms with Crippen LogP contribution in [0.2, 0.25) is 0 Å². The summed E-state index contributed by atoms with van der Waals surface area (Å²) in [7, 11) is 2.10. The SMILES string of the molecule is CN1CCC=C(c2nsnc2SCCCC2(Sc3nc4ccccc4o3)OC(=O)C(=O)O2)C1. The molecule has 5 rings (SSSR count). The molecule has 0 unspecified atom stereocenters. The molecule has 1 saturated heterocycles. The zero-order valence-corrected chi connectivity index (χ0v) is 20.1. The van der Waals surface area contributed by atoms with Crippen molar-refractivity contribution < 1.29 is 23.5 Å². The van der Waals surface area contributed by atoms with E-state index in [4.69, 9.17) is 13.9 Å². The highest BCUT2D eigenvalue weighted by Gasteiger charge is 2.50. The molecule has 12 heteroatoms. The zero-order chi connectivity index (χ0) is 22.8. The van der Waals surface area contributed by atoms with Crippen LogP contribution in [-0.2, 0) is 19.1 Å². The molecule has 2 aliphatic heterocycles. The van der Waals surface area contributed by atoms with Crippen LogP contribution in [-0.4, -0.2) is 61.6 Å². The second-order valence-electron chi connectivity index (χ2n) is 7.64. The van der Waals surface area contributed by atoms with E-state index in [1.807, 2.05) is 18.2 Å². The molecule has 3 aromatic rings. The van der Waals surface area contributed by atoms with Gasteiger partial charge in [-0.3, -0.25) is 0 Å². The predicted octanol–water partition coefficient (Wildman–Crippen LogP) is 3.82. The lowest BCUT2D eigenvalue weighted by Gasteiger charge is -2.23. The molecule has 0 N–H and O–H groups in total. The summed E-state index contributed by atoms with van der Waals surface area (Å²) in [5, 5.41) is -0.332. The second-order valence-corrected chi connectivity index (χ2v) is 10.4. The van der Waals surface area contributed by atoms with Gasteiger partial charge in [0, 0.05) is 31.3 Å². The molecule has 0 spiro atoms. The number of oxazole rings is 1. The van der Waals surface area contributed by atoms with E-state index < -0.39 is 17.1 Å². The van der Waals surface area contributed by atoms with Crippen LogP contribution in [0.5, 0.6) is 0 Å². The summed E-state index contributed by atoms with van der Waals surface area (Å²) in [5.41, 5.74) is 3.41. The number of nitrogens with zero attached hydrogens (tertiary/aromatic N) is 4. The number of fused-ring (bicyclic) bond motifs is 1. The number of esters is 2. The van der Waals surface area contributed by atoms with Gasteiger partial charge in [0.15, 0.2) is 5.58 Å². The van der Waals surface area contributed by atoms with Gasteiger partial charge in [0.25, 0.3) is 5.22 Å². The lowest BCUT2D eigenvalue weighted by atomic mass is 10.1. The Labute approximate surface area is 202 Å². The molecule has 4 heterocycles. The molecule has 0 bridgehead atoms. The maximum atomic E-state index is 11.8. The minimum absolute atomic E-state index is 0.269. The summed E-state index contributed by atoms with van der Waals surface area (Å²) in [6.07, 6.45) is 4.12. The first-order chi connectivity index (χ1) is 16.0. The summed E-state index contributed by atoms with van der Waals surface area (Å²) < 4.78 is 25.3. The molecule has 172 valence electrons. The van der Waals surface area contributed by atoms with Crippen molar-refractivity contribution in [3.63, 3.8) is 0 Å². The number of hydrogen-bond acceptors (Lipinski definition) is 12. The van der Waals surface area contributed by atoms with Gasteiger partial charge in [-0.1, -0.05) is 18.2 Å². The Bertz CT molecular complexity index is 1170. The highest BCUT2D eigenvalue weighted by atomic mass is 32.2. The van der Waals surface area contributed by atoms with Crippen molar-refractivity contribution in [1.82, 2.24) is 18.6 Å². The summed E-state index contributed by atoms with van der Waals surface area (Å²) in [5.74, 6) is -1.33. The van der Waals surface area contributed by atoms with E-state index >= 15 is 0 Å². The number of thioether (sulfide) groups is 2. The van der Waals surface area contributed by atoms with Gasteiger partial charge in [-0.2, -0.15) is 8.75 Å². The van der Waals surface area contributed by atoms with Crippen LogP contribution in [0.1, 0.15) is 25.0 Å². The number of carbonyl (C=O) groups is 2. The van der Waals surface area contributed by atoms with Gasteiger partial charge in [-0.05, 0) is 43.3 Å². The molecule has 2 aromatic heterocycles. The van der Waals surface area contributed by atoms with Gasteiger partial charge in [0.1, 0.15) is 16.2 Å². The minimum Gasteiger partial charge on any atom is -0.431 e. The molecule has 0 amide bonds. The molecule has 1 aromatic carbocycles. The monoisotopic (exact) mass is 504 g/mol. The van der Waals surface area contributed by atoms with Crippen LogP contribution in [0.3, 0.4) is 0 Å². The minimum atomic E-state index is -1.49. The van der Waals surface area contributed by atoms with Gasteiger partial charge in [0.05, 0.1) is 11.7 Å². The fraction of sp³-hybridized carbons (Fsp3) is 0.381. The van der Waals surface area contributed by atoms with Gasteiger partial charge < -0.3 is 18.8 Å². The number of cyclic esters (lactones) is 2. The van der Waals surface area contributed by atoms with E-state index in [0.29, 0.717) is 29.7 Å². The number of rotatable bonds is 8. The van der Waals surface area contributed by atoms with Gasteiger partial charge in [-0.15, -0.1) is 11.8 Å². The Balaban J connectivity index is 1.24. The first kappa shape index (κ1) is 22.4. The van der Waals surface area contributed by atoms with Crippen LogP contribution in [0.15, 0.2) is 45.0 Å². The Morgan fingerprint density at radius 1 is 1.18 bits per heavy atom. The van der Waals surface area contributed by atoms with E-state index in [2.05, 4.69) is 31.8 Å². The van der Waals surface area contributed by atoms with Gasteiger partial charge >= 0.3 is 17.1 Å². The highest BCUT2D eigenvalue weighted by molar-refractivity contribution is 8.00. The number of ether oxygens (including phenoxy) is 2. The van der Waals surface area contributed by atoms with Crippen LogP contribution in [0.25, 0.3) is 16.7 Å². The van der Waals surface area contributed by atoms with Crippen LogP contribution < -0.4 is 0 Å². The van der Waals surface area contributed by atoms with E-state index in [-0.39, 0.29) is 5.22 Å². The first-order valence-corrected chi connectivity index (χ1v) is 12.9. The van der Waals surface area contributed by atoms with Crippen LogP contribution >= 0.6 is 35.3 Å². The Morgan fingerprint density at radius 2 is 2.00 bits per heavy atom. The molecule has 0 saturated carbocycles. The Morgan fingerprint density at radius 3 is 2.79 bits per heavy atom. The number of hydrogen-bond donors (Lipinski definition) is 0. The summed E-state index contributed by atoms with van der Waals surface area (Å²) in [4.78, 5) is 30.3. The molecule has 0 radical (unpaired) electrons. The average Bonchev–Trinajstić information content (AvgIpc) is 3.49. The quantitative estimate of drug-likeness (QED) is 0.193. The fourth-order valence-electron chi connectivity index (χ4n) is 3.60. The third-order valence-corrected chi connectivity index (χ3v) is 7.88. The van der Waals surface area contributed by atoms with E-state index in [0.717, 1.165) is 42.0 Å².